The molecule has 1 aromatic heterocycles. The van der Waals surface area contributed by atoms with E-state index in [1.54, 1.807) is 53.7 Å². The summed E-state index contributed by atoms with van der Waals surface area (Å²) in [5.41, 5.74) is 9.39. The normalized spacial score (nSPS) is 12.6. The second-order valence-corrected chi connectivity index (χ2v) is 8.13. The van der Waals surface area contributed by atoms with Gasteiger partial charge in [-0.3, -0.25) is 4.79 Å². The quantitative estimate of drug-likeness (QED) is 0.449. The summed E-state index contributed by atoms with van der Waals surface area (Å²) in [5, 5.41) is 11.4. The van der Waals surface area contributed by atoms with Gasteiger partial charge in [-0.05, 0) is 36.2 Å². The lowest BCUT2D eigenvalue weighted by molar-refractivity contribution is -0.120. The number of hydrogen-bond acceptors (Lipinski definition) is 8. The predicted octanol–water partition coefficient (Wildman–Crippen LogP) is 3.51. The number of aromatic nitrogens is 3. The third-order valence-corrected chi connectivity index (χ3v) is 6.17. The Morgan fingerprint density at radius 3 is 2.03 bits per heavy atom. The Labute approximate surface area is 205 Å². The van der Waals surface area contributed by atoms with Crippen molar-refractivity contribution < 1.29 is 23.7 Å². The van der Waals surface area contributed by atoms with Gasteiger partial charge in [0.25, 0.3) is 0 Å². The standard InChI is InChI=1S/C25H33N5O5/c1-8-14(2)21(26)25(31)30(3)17-11-15(9-10-18(17)32-4)22-23(28-29-27-22)16-12-19(33-5)24(35-7)20(13-16)34-6/h9-14,21H,8,26H2,1-7H3,(H,27,28,29). The van der Waals surface area contributed by atoms with Crippen molar-refractivity contribution in [2.24, 2.45) is 11.7 Å². The third-order valence-electron chi connectivity index (χ3n) is 6.17. The van der Waals surface area contributed by atoms with Gasteiger partial charge in [0.1, 0.15) is 17.1 Å². The molecule has 0 aliphatic rings. The van der Waals surface area contributed by atoms with Crippen LogP contribution in [-0.2, 0) is 4.79 Å². The summed E-state index contributed by atoms with van der Waals surface area (Å²) in [7, 11) is 7.90. The van der Waals surface area contributed by atoms with Crippen LogP contribution in [0.4, 0.5) is 5.69 Å². The summed E-state index contributed by atoms with van der Waals surface area (Å²) in [4.78, 5) is 14.6. The molecule has 3 aromatic rings. The summed E-state index contributed by atoms with van der Waals surface area (Å²) in [5.74, 6) is 1.86. The van der Waals surface area contributed by atoms with E-state index in [-0.39, 0.29) is 11.8 Å². The molecule has 10 heteroatoms. The second-order valence-electron chi connectivity index (χ2n) is 8.13. The molecule has 35 heavy (non-hydrogen) atoms. The van der Waals surface area contributed by atoms with Crippen LogP contribution in [0.15, 0.2) is 30.3 Å². The van der Waals surface area contributed by atoms with E-state index < -0.39 is 6.04 Å². The van der Waals surface area contributed by atoms with E-state index in [4.69, 9.17) is 24.7 Å². The van der Waals surface area contributed by atoms with Crippen LogP contribution in [0.5, 0.6) is 23.0 Å². The predicted molar refractivity (Wildman–Crippen MR) is 134 cm³/mol. The van der Waals surface area contributed by atoms with Crippen LogP contribution in [0.25, 0.3) is 22.5 Å². The third kappa shape index (κ3) is 5.02. The van der Waals surface area contributed by atoms with Gasteiger partial charge >= 0.3 is 0 Å². The Hall–Kier alpha value is -3.79. The number of benzene rings is 2. The number of ether oxygens (including phenoxy) is 4. The Balaban J connectivity index is 2.08. The molecule has 3 N–H and O–H groups in total. The van der Waals surface area contributed by atoms with Gasteiger partial charge in [0, 0.05) is 18.2 Å². The van der Waals surface area contributed by atoms with Crippen molar-refractivity contribution in [3.63, 3.8) is 0 Å². The summed E-state index contributed by atoms with van der Waals surface area (Å²) < 4.78 is 21.9. The van der Waals surface area contributed by atoms with Gasteiger partial charge in [-0.2, -0.15) is 15.4 Å². The smallest absolute Gasteiger partial charge is 0.244 e. The van der Waals surface area contributed by atoms with Crippen molar-refractivity contribution in [3.8, 4) is 45.5 Å². The molecular formula is C25H33N5O5. The van der Waals surface area contributed by atoms with E-state index in [2.05, 4.69) is 15.4 Å². The largest absolute Gasteiger partial charge is 0.495 e. The lowest BCUT2D eigenvalue weighted by atomic mass is 9.98. The lowest BCUT2D eigenvalue weighted by Crippen LogP contribution is -2.45. The molecule has 0 radical (unpaired) electrons. The van der Waals surface area contributed by atoms with Crippen molar-refractivity contribution in [1.82, 2.24) is 15.4 Å². The summed E-state index contributed by atoms with van der Waals surface area (Å²) >= 11 is 0. The molecule has 0 saturated carbocycles. The van der Waals surface area contributed by atoms with Crippen LogP contribution < -0.4 is 29.6 Å². The minimum absolute atomic E-state index is 0.0429. The number of nitrogens with two attached hydrogens (primary N) is 1. The Kier molecular flexibility index (Phi) is 8.18. The van der Waals surface area contributed by atoms with Gasteiger partial charge in [-0.15, -0.1) is 0 Å². The van der Waals surface area contributed by atoms with Gasteiger partial charge in [0.15, 0.2) is 11.5 Å². The number of anilines is 1. The fourth-order valence-electron chi connectivity index (χ4n) is 3.79. The highest BCUT2D eigenvalue weighted by Gasteiger charge is 2.26. The molecule has 2 unspecified atom stereocenters. The van der Waals surface area contributed by atoms with Gasteiger partial charge in [0.2, 0.25) is 11.7 Å². The molecule has 0 saturated heterocycles. The molecule has 0 aliphatic heterocycles. The van der Waals surface area contributed by atoms with E-state index in [1.807, 2.05) is 26.0 Å². The van der Waals surface area contributed by atoms with E-state index in [0.29, 0.717) is 45.6 Å². The molecule has 0 aliphatic carbocycles. The Morgan fingerprint density at radius 2 is 1.51 bits per heavy atom. The number of amides is 1. The van der Waals surface area contributed by atoms with Gasteiger partial charge in [-0.1, -0.05) is 20.3 Å². The minimum Gasteiger partial charge on any atom is -0.495 e. The molecule has 188 valence electrons. The monoisotopic (exact) mass is 483 g/mol. The van der Waals surface area contributed by atoms with Crippen LogP contribution in [-0.4, -0.2) is 62.8 Å². The average molecular weight is 484 g/mol. The molecule has 2 aromatic carbocycles. The topological polar surface area (TPSA) is 125 Å². The lowest BCUT2D eigenvalue weighted by Gasteiger charge is -2.26. The maximum atomic E-state index is 13.1. The number of H-pyrrole nitrogens is 1. The van der Waals surface area contributed by atoms with Gasteiger partial charge < -0.3 is 29.6 Å². The first-order chi connectivity index (χ1) is 16.8. The Morgan fingerprint density at radius 1 is 0.943 bits per heavy atom. The molecule has 2 atom stereocenters. The zero-order valence-electron chi connectivity index (χ0n) is 21.2. The summed E-state index contributed by atoms with van der Waals surface area (Å²) in [6.07, 6.45) is 0.801. The number of hydrogen-bond donors (Lipinski definition) is 2. The zero-order chi connectivity index (χ0) is 25.7. The van der Waals surface area contributed by atoms with Crippen molar-refractivity contribution in [2.75, 3.05) is 40.4 Å². The van der Waals surface area contributed by atoms with E-state index in [1.165, 1.54) is 4.90 Å². The molecule has 1 amide bonds. The number of nitrogens with zero attached hydrogens (tertiary/aromatic N) is 3. The highest BCUT2D eigenvalue weighted by Crippen LogP contribution is 2.43. The van der Waals surface area contributed by atoms with Crippen molar-refractivity contribution >= 4 is 11.6 Å². The maximum absolute atomic E-state index is 13.1. The fraction of sp³-hybridized carbons (Fsp3) is 0.400. The molecule has 0 spiro atoms. The van der Waals surface area contributed by atoms with Crippen molar-refractivity contribution in [1.29, 1.82) is 0 Å². The minimum atomic E-state index is -0.625. The molecule has 0 bridgehead atoms. The number of carbonyl (C=O) groups is 1. The number of nitrogens with one attached hydrogen (secondary N) is 1. The SMILES string of the molecule is CCC(C)C(N)C(=O)N(C)c1cc(-c2n[nH]nc2-c2cc(OC)c(OC)c(OC)c2)ccc1OC. The van der Waals surface area contributed by atoms with Gasteiger partial charge in [0.05, 0.1) is 40.2 Å². The van der Waals surface area contributed by atoms with Crippen LogP contribution in [0.2, 0.25) is 0 Å². The first kappa shape index (κ1) is 25.8. The molecule has 3 rings (SSSR count). The van der Waals surface area contributed by atoms with E-state index >= 15 is 0 Å². The zero-order valence-corrected chi connectivity index (χ0v) is 21.2. The van der Waals surface area contributed by atoms with Crippen LogP contribution in [0, 0.1) is 5.92 Å². The number of aromatic amines is 1. The maximum Gasteiger partial charge on any atom is 0.244 e. The summed E-state index contributed by atoms with van der Waals surface area (Å²) in [6.45, 7) is 3.97. The molecular weight excluding hydrogens is 450 g/mol. The first-order valence-electron chi connectivity index (χ1n) is 11.2. The number of carbonyl (C=O) groups excluding carboxylic acids is 1. The molecule has 0 fully saturated rings. The van der Waals surface area contributed by atoms with Crippen LogP contribution >= 0.6 is 0 Å². The van der Waals surface area contributed by atoms with E-state index in [0.717, 1.165) is 12.0 Å². The molecule has 1 heterocycles. The first-order valence-corrected chi connectivity index (χ1v) is 11.2. The highest BCUT2D eigenvalue weighted by molar-refractivity contribution is 5.99. The van der Waals surface area contributed by atoms with Crippen molar-refractivity contribution in [3.05, 3.63) is 30.3 Å². The highest BCUT2D eigenvalue weighted by atomic mass is 16.5. The average Bonchev–Trinajstić information content (AvgIpc) is 3.40. The fourth-order valence-corrected chi connectivity index (χ4v) is 3.79. The number of methoxy groups -OCH3 is 4. The summed E-state index contributed by atoms with van der Waals surface area (Å²) in [6, 6.07) is 8.45. The molecule has 10 nitrogen and oxygen atoms in total. The number of likely N-dealkylation sites (N-methyl/N-ethyl adjacent to an activating group) is 1. The Bertz CT molecular complexity index is 1150. The van der Waals surface area contributed by atoms with Gasteiger partial charge in [-0.25, -0.2) is 0 Å². The van der Waals surface area contributed by atoms with Crippen LogP contribution in [0.1, 0.15) is 20.3 Å². The second kappa shape index (κ2) is 11.1. The van der Waals surface area contributed by atoms with Crippen molar-refractivity contribution in [2.45, 2.75) is 26.3 Å². The van der Waals surface area contributed by atoms with E-state index in [9.17, 15) is 4.79 Å². The van der Waals surface area contributed by atoms with Crippen LogP contribution in [0.3, 0.4) is 0 Å². The number of rotatable bonds is 10.